The minimum atomic E-state index is 0.323. The number of aromatic nitrogens is 3. The van der Waals surface area contributed by atoms with Crippen molar-refractivity contribution < 1.29 is 4.74 Å². The summed E-state index contributed by atoms with van der Waals surface area (Å²) in [5.41, 5.74) is 4.85. The molecule has 5 heteroatoms. The standard InChI is InChI=1S/C23H28N4O/c1-19-21(14-25-27(19)15-20-8-3-2-4-9-20)16-26(18-23-11-7-13-28-23)17-22-10-5-6-12-24-22/h2-6,8-10,12,14,23H,7,11,13,15-18H2,1H3. The van der Waals surface area contributed by atoms with Crippen molar-refractivity contribution >= 4 is 0 Å². The molecule has 1 unspecified atom stereocenters. The fourth-order valence-corrected chi connectivity index (χ4v) is 3.78. The van der Waals surface area contributed by atoms with E-state index in [4.69, 9.17) is 4.74 Å². The molecule has 146 valence electrons. The van der Waals surface area contributed by atoms with E-state index >= 15 is 0 Å². The second kappa shape index (κ2) is 9.13. The Hall–Kier alpha value is -2.50. The van der Waals surface area contributed by atoms with Crippen LogP contribution in [0.25, 0.3) is 0 Å². The number of hydrogen-bond donors (Lipinski definition) is 0. The molecule has 0 N–H and O–H groups in total. The van der Waals surface area contributed by atoms with Crippen molar-refractivity contribution in [3.63, 3.8) is 0 Å². The molecule has 1 fully saturated rings. The number of benzene rings is 1. The van der Waals surface area contributed by atoms with Gasteiger partial charge in [-0.2, -0.15) is 5.10 Å². The summed E-state index contributed by atoms with van der Waals surface area (Å²) in [6, 6.07) is 16.6. The minimum absolute atomic E-state index is 0.323. The van der Waals surface area contributed by atoms with Crippen LogP contribution in [-0.2, 0) is 24.4 Å². The third kappa shape index (κ3) is 4.86. The van der Waals surface area contributed by atoms with Crippen LogP contribution in [-0.4, -0.2) is 38.9 Å². The zero-order chi connectivity index (χ0) is 19.2. The highest BCUT2D eigenvalue weighted by Gasteiger charge is 2.21. The first-order valence-corrected chi connectivity index (χ1v) is 10.1. The Kier molecular flexibility index (Phi) is 6.14. The topological polar surface area (TPSA) is 43.2 Å². The van der Waals surface area contributed by atoms with Gasteiger partial charge in [0.15, 0.2) is 0 Å². The lowest BCUT2D eigenvalue weighted by molar-refractivity contribution is 0.0674. The number of ether oxygens (including phenoxy) is 1. The van der Waals surface area contributed by atoms with Crippen LogP contribution in [0.15, 0.2) is 60.9 Å². The van der Waals surface area contributed by atoms with Gasteiger partial charge < -0.3 is 4.74 Å². The lowest BCUT2D eigenvalue weighted by Gasteiger charge is -2.25. The van der Waals surface area contributed by atoms with Crippen LogP contribution in [0.1, 0.15) is 35.4 Å². The van der Waals surface area contributed by atoms with Gasteiger partial charge >= 0.3 is 0 Å². The van der Waals surface area contributed by atoms with Crippen LogP contribution in [0, 0.1) is 6.92 Å². The summed E-state index contributed by atoms with van der Waals surface area (Å²) >= 11 is 0. The molecule has 0 aliphatic carbocycles. The van der Waals surface area contributed by atoms with Gasteiger partial charge in [-0.3, -0.25) is 14.6 Å². The number of hydrogen-bond acceptors (Lipinski definition) is 4. The Labute approximate surface area is 167 Å². The van der Waals surface area contributed by atoms with Crippen molar-refractivity contribution in [1.29, 1.82) is 0 Å². The van der Waals surface area contributed by atoms with Crippen LogP contribution in [0.2, 0.25) is 0 Å². The second-order valence-corrected chi connectivity index (χ2v) is 7.52. The molecule has 1 atom stereocenters. The van der Waals surface area contributed by atoms with Gasteiger partial charge in [0.25, 0.3) is 0 Å². The fourth-order valence-electron chi connectivity index (χ4n) is 3.78. The molecule has 1 saturated heterocycles. The Balaban J connectivity index is 1.47. The maximum Gasteiger partial charge on any atom is 0.0703 e. The largest absolute Gasteiger partial charge is 0.377 e. The third-order valence-electron chi connectivity index (χ3n) is 5.37. The number of pyridine rings is 1. The Morgan fingerprint density at radius 2 is 1.96 bits per heavy atom. The lowest BCUT2D eigenvalue weighted by atomic mass is 10.2. The van der Waals surface area contributed by atoms with Gasteiger partial charge in [-0.05, 0) is 37.5 Å². The highest BCUT2D eigenvalue weighted by atomic mass is 16.5. The molecular weight excluding hydrogens is 348 g/mol. The van der Waals surface area contributed by atoms with E-state index in [-0.39, 0.29) is 0 Å². The van der Waals surface area contributed by atoms with Crippen molar-refractivity contribution in [1.82, 2.24) is 19.7 Å². The molecule has 1 aliphatic rings. The molecule has 1 aliphatic heterocycles. The fraction of sp³-hybridized carbons (Fsp3) is 0.391. The van der Waals surface area contributed by atoms with Crippen LogP contribution >= 0.6 is 0 Å². The molecule has 0 bridgehead atoms. The zero-order valence-electron chi connectivity index (χ0n) is 16.5. The van der Waals surface area contributed by atoms with Crippen LogP contribution in [0.3, 0.4) is 0 Å². The summed E-state index contributed by atoms with van der Waals surface area (Å²) in [6.07, 6.45) is 6.51. The summed E-state index contributed by atoms with van der Waals surface area (Å²) in [5, 5.41) is 4.65. The second-order valence-electron chi connectivity index (χ2n) is 7.52. The van der Waals surface area contributed by atoms with E-state index in [2.05, 4.69) is 63.0 Å². The van der Waals surface area contributed by atoms with Crippen LogP contribution in [0.4, 0.5) is 0 Å². The number of nitrogens with zero attached hydrogens (tertiary/aromatic N) is 4. The first kappa shape index (κ1) is 18.8. The molecule has 2 aromatic heterocycles. The Bertz CT molecular complexity index is 857. The lowest BCUT2D eigenvalue weighted by Crippen LogP contribution is -2.32. The molecular formula is C23H28N4O. The van der Waals surface area contributed by atoms with Crippen molar-refractivity contribution in [2.24, 2.45) is 0 Å². The van der Waals surface area contributed by atoms with Gasteiger partial charge in [-0.1, -0.05) is 36.4 Å². The molecule has 4 rings (SSSR count). The molecule has 0 amide bonds. The summed E-state index contributed by atoms with van der Waals surface area (Å²) in [4.78, 5) is 6.95. The Morgan fingerprint density at radius 3 is 2.71 bits per heavy atom. The summed E-state index contributed by atoms with van der Waals surface area (Å²) in [5.74, 6) is 0. The smallest absolute Gasteiger partial charge is 0.0703 e. The van der Waals surface area contributed by atoms with Gasteiger partial charge in [0.05, 0.1) is 24.5 Å². The van der Waals surface area contributed by atoms with E-state index in [9.17, 15) is 0 Å². The summed E-state index contributed by atoms with van der Waals surface area (Å²) < 4.78 is 7.98. The summed E-state index contributed by atoms with van der Waals surface area (Å²) in [6.45, 7) is 6.46. The van der Waals surface area contributed by atoms with Gasteiger partial charge in [0, 0.05) is 43.7 Å². The van der Waals surface area contributed by atoms with E-state index in [0.717, 1.165) is 51.3 Å². The minimum Gasteiger partial charge on any atom is -0.377 e. The maximum absolute atomic E-state index is 5.89. The first-order valence-electron chi connectivity index (χ1n) is 10.1. The molecule has 1 aromatic carbocycles. The average molecular weight is 377 g/mol. The van der Waals surface area contributed by atoms with Crippen LogP contribution < -0.4 is 0 Å². The van der Waals surface area contributed by atoms with E-state index in [0.29, 0.717) is 6.10 Å². The molecule has 28 heavy (non-hydrogen) atoms. The van der Waals surface area contributed by atoms with E-state index in [1.54, 1.807) is 0 Å². The number of rotatable bonds is 8. The van der Waals surface area contributed by atoms with Gasteiger partial charge in [-0.15, -0.1) is 0 Å². The van der Waals surface area contributed by atoms with Gasteiger partial charge in [0.2, 0.25) is 0 Å². The highest BCUT2D eigenvalue weighted by molar-refractivity contribution is 5.20. The molecule has 0 radical (unpaired) electrons. The SMILES string of the molecule is Cc1c(CN(Cc2ccccn2)CC2CCCO2)cnn1Cc1ccccc1. The molecule has 3 heterocycles. The monoisotopic (exact) mass is 376 g/mol. The maximum atomic E-state index is 5.89. The zero-order valence-corrected chi connectivity index (χ0v) is 16.5. The molecule has 0 spiro atoms. The quantitative estimate of drug-likeness (QED) is 0.599. The van der Waals surface area contributed by atoms with Gasteiger partial charge in [-0.25, -0.2) is 0 Å². The molecule has 5 nitrogen and oxygen atoms in total. The first-order chi connectivity index (χ1) is 13.8. The predicted octanol–water partition coefficient (Wildman–Crippen LogP) is 3.82. The molecule has 0 saturated carbocycles. The normalized spacial score (nSPS) is 16.7. The summed E-state index contributed by atoms with van der Waals surface area (Å²) in [7, 11) is 0. The van der Waals surface area contributed by atoms with Crippen molar-refractivity contribution in [3.8, 4) is 0 Å². The van der Waals surface area contributed by atoms with E-state index in [1.165, 1.54) is 16.8 Å². The van der Waals surface area contributed by atoms with E-state index in [1.807, 2.05) is 24.5 Å². The van der Waals surface area contributed by atoms with Crippen molar-refractivity contribution in [2.45, 2.75) is 45.5 Å². The predicted molar refractivity (Wildman–Crippen MR) is 110 cm³/mol. The Morgan fingerprint density at radius 1 is 1.11 bits per heavy atom. The highest BCUT2D eigenvalue weighted by Crippen LogP contribution is 2.18. The molecule has 3 aromatic rings. The van der Waals surface area contributed by atoms with Crippen molar-refractivity contribution in [3.05, 3.63) is 83.4 Å². The van der Waals surface area contributed by atoms with Crippen LogP contribution in [0.5, 0.6) is 0 Å². The average Bonchev–Trinajstić information content (AvgIpc) is 3.35. The third-order valence-corrected chi connectivity index (χ3v) is 5.37. The van der Waals surface area contributed by atoms with E-state index < -0.39 is 0 Å². The van der Waals surface area contributed by atoms with Gasteiger partial charge in [0.1, 0.15) is 0 Å². The van der Waals surface area contributed by atoms with Crippen molar-refractivity contribution in [2.75, 3.05) is 13.2 Å².